The molecule has 0 unspecified atom stereocenters. The third-order valence-corrected chi connectivity index (χ3v) is 3.47. The number of hydrogen-bond acceptors (Lipinski definition) is 2. The van der Waals surface area contributed by atoms with Gasteiger partial charge >= 0.3 is 5.97 Å². The summed E-state index contributed by atoms with van der Waals surface area (Å²) in [5, 5.41) is 10.2. The molecule has 0 aliphatic rings. The Morgan fingerprint density at radius 3 is 2.52 bits per heavy atom. The molecule has 0 bridgehead atoms. The number of carboxylic acids is 1. The van der Waals surface area contributed by atoms with Gasteiger partial charge in [0.25, 0.3) is 5.91 Å². The van der Waals surface area contributed by atoms with Crippen molar-refractivity contribution in [2.24, 2.45) is 0 Å². The number of carboxylic acid groups (broad SMARTS) is 1. The van der Waals surface area contributed by atoms with Crippen molar-refractivity contribution in [3.05, 3.63) is 70.9 Å². The first kappa shape index (κ1) is 13.4. The second-order valence-corrected chi connectivity index (χ2v) is 4.99. The maximum Gasteiger partial charge on any atom is 0.337 e. The fraction of sp³-hybridized carbons (Fsp3) is 0. The van der Waals surface area contributed by atoms with E-state index in [0.29, 0.717) is 21.5 Å². The van der Waals surface area contributed by atoms with E-state index in [1.807, 2.05) is 0 Å². The van der Waals surface area contributed by atoms with Gasteiger partial charge in [0.15, 0.2) is 0 Å². The van der Waals surface area contributed by atoms with Crippen LogP contribution in [-0.4, -0.2) is 21.6 Å². The van der Waals surface area contributed by atoms with E-state index in [9.17, 15) is 14.7 Å². The molecule has 5 heteroatoms. The Hall–Kier alpha value is -2.59. The summed E-state index contributed by atoms with van der Waals surface area (Å²) in [6.45, 7) is 0. The lowest BCUT2D eigenvalue weighted by Crippen LogP contribution is -2.10. The molecule has 21 heavy (non-hydrogen) atoms. The van der Waals surface area contributed by atoms with E-state index in [4.69, 9.17) is 11.6 Å². The quantitative estimate of drug-likeness (QED) is 0.785. The first-order valence-electron chi connectivity index (χ1n) is 6.21. The van der Waals surface area contributed by atoms with Crippen LogP contribution < -0.4 is 0 Å². The van der Waals surface area contributed by atoms with Gasteiger partial charge < -0.3 is 5.11 Å². The fourth-order valence-electron chi connectivity index (χ4n) is 2.28. The SMILES string of the molecule is O=C(O)c1cn(C(=O)c2cccc(Cl)c2)c2ccccc12. The van der Waals surface area contributed by atoms with Gasteiger partial charge in [0, 0.05) is 22.2 Å². The summed E-state index contributed by atoms with van der Waals surface area (Å²) in [6, 6.07) is 13.4. The van der Waals surface area contributed by atoms with Crippen LogP contribution in [0.5, 0.6) is 0 Å². The third kappa shape index (κ3) is 2.30. The zero-order chi connectivity index (χ0) is 15.0. The molecular formula is C16H10ClNO3. The summed E-state index contributed by atoms with van der Waals surface area (Å²) < 4.78 is 1.34. The number of hydrogen-bond donors (Lipinski definition) is 1. The van der Waals surface area contributed by atoms with E-state index in [2.05, 4.69) is 0 Å². The monoisotopic (exact) mass is 299 g/mol. The van der Waals surface area contributed by atoms with Crippen LogP contribution in [0.1, 0.15) is 20.7 Å². The normalized spacial score (nSPS) is 10.7. The second-order valence-electron chi connectivity index (χ2n) is 4.55. The van der Waals surface area contributed by atoms with E-state index in [0.717, 1.165) is 0 Å². The predicted molar refractivity (Wildman–Crippen MR) is 80.1 cm³/mol. The molecule has 0 atom stereocenters. The van der Waals surface area contributed by atoms with Crippen LogP contribution in [0, 0.1) is 0 Å². The molecule has 0 spiro atoms. The van der Waals surface area contributed by atoms with Crippen molar-refractivity contribution in [1.82, 2.24) is 4.57 Å². The summed E-state index contributed by atoms with van der Waals surface area (Å²) in [6.07, 6.45) is 1.34. The molecule has 0 aliphatic carbocycles. The van der Waals surface area contributed by atoms with Gasteiger partial charge in [-0.1, -0.05) is 35.9 Å². The van der Waals surface area contributed by atoms with Gasteiger partial charge in [-0.3, -0.25) is 9.36 Å². The number of fused-ring (bicyclic) bond motifs is 1. The minimum absolute atomic E-state index is 0.0981. The molecule has 0 fully saturated rings. The molecule has 1 heterocycles. The largest absolute Gasteiger partial charge is 0.478 e. The van der Waals surface area contributed by atoms with Crippen LogP contribution in [0.4, 0.5) is 0 Å². The van der Waals surface area contributed by atoms with Gasteiger partial charge in [0.2, 0.25) is 0 Å². The highest BCUT2D eigenvalue weighted by Crippen LogP contribution is 2.23. The Kier molecular flexibility index (Phi) is 3.23. The van der Waals surface area contributed by atoms with E-state index in [1.165, 1.54) is 10.8 Å². The third-order valence-electron chi connectivity index (χ3n) is 3.23. The number of aromatic carboxylic acids is 1. The van der Waals surface area contributed by atoms with E-state index in [1.54, 1.807) is 48.5 Å². The number of carbonyl (C=O) groups is 2. The van der Waals surface area contributed by atoms with E-state index >= 15 is 0 Å². The lowest BCUT2D eigenvalue weighted by atomic mass is 10.2. The van der Waals surface area contributed by atoms with Crippen molar-refractivity contribution < 1.29 is 14.7 Å². The molecule has 1 N–H and O–H groups in total. The van der Waals surface area contributed by atoms with Gasteiger partial charge in [-0.15, -0.1) is 0 Å². The standard InChI is InChI=1S/C16H10ClNO3/c17-11-5-3-4-10(8-11)15(19)18-9-13(16(20)21)12-6-1-2-7-14(12)18/h1-9H,(H,20,21). The van der Waals surface area contributed by atoms with Crippen molar-refractivity contribution in [1.29, 1.82) is 0 Å². The topological polar surface area (TPSA) is 59.3 Å². The van der Waals surface area contributed by atoms with Crippen molar-refractivity contribution >= 4 is 34.4 Å². The van der Waals surface area contributed by atoms with E-state index in [-0.39, 0.29) is 11.5 Å². The minimum atomic E-state index is -1.07. The predicted octanol–water partition coefficient (Wildman–Crippen LogP) is 3.68. The average molecular weight is 300 g/mol. The Bertz CT molecular complexity index is 867. The van der Waals surface area contributed by atoms with Crippen molar-refractivity contribution in [3.63, 3.8) is 0 Å². The number of carbonyl (C=O) groups excluding carboxylic acids is 1. The van der Waals surface area contributed by atoms with Gasteiger partial charge in [-0.2, -0.15) is 0 Å². The Morgan fingerprint density at radius 1 is 1.05 bits per heavy atom. The van der Waals surface area contributed by atoms with Gasteiger partial charge in [0.1, 0.15) is 0 Å². The van der Waals surface area contributed by atoms with Crippen molar-refractivity contribution in [2.45, 2.75) is 0 Å². The molecule has 104 valence electrons. The van der Waals surface area contributed by atoms with Crippen molar-refractivity contribution in [2.75, 3.05) is 0 Å². The Morgan fingerprint density at radius 2 is 1.81 bits per heavy atom. The number of rotatable bonds is 2. The molecule has 0 aliphatic heterocycles. The molecule has 4 nitrogen and oxygen atoms in total. The Labute approximate surface area is 125 Å². The average Bonchev–Trinajstić information content (AvgIpc) is 2.86. The molecule has 0 radical (unpaired) electrons. The highest BCUT2D eigenvalue weighted by molar-refractivity contribution is 6.31. The first-order chi connectivity index (χ1) is 10.1. The van der Waals surface area contributed by atoms with Crippen LogP contribution in [0.2, 0.25) is 5.02 Å². The van der Waals surface area contributed by atoms with Crippen molar-refractivity contribution in [3.8, 4) is 0 Å². The number of benzene rings is 2. The molecular weight excluding hydrogens is 290 g/mol. The lowest BCUT2D eigenvalue weighted by Gasteiger charge is -2.04. The maximum atomic E-state index is 12.6. The minimum Gasteiger partial charge on any atom is -0.478 e. The fourth-order valence-corrected chi connectivity index (χ4v) is 2.47. The number of nitrogens with zero attached hydrogens (tertiary/aromatic N) is 1. The van der Waals surface area contributed by atoms with Crippen LogP contribution >= 0.6 is 11.6 Å². The summed E-state index contributed by atoms with van der Waals surface area (Å²) in [7, 11) is 0. The van der Waals surface area contributed by atoms with Gasteiger partial charge in [-0.05, 0) is 24.3 Å². The van der Waals surface area contributed by atoms with Crippen LogP contribution in [0.25, 0.3) is 10.9 Å². The summed E-state index contributed by atoms with van der Waals surface area (Å²) in [4.78, 5) is 23.9. The van der Waals surface area contributed by atoms with Crippen LogP contribution in [0.3, 0.4) is 0 Å². The second kappa shape index (κ2) is 5.07. The molecule has 0 amide bonds. The molecule has 3 rings (SSSR count). The zero-order valence-electron chi connectivity index (χ0n) is 10.8. The molecule has 3 aromatic rings. The summed E-state index contributed by atoms with van der Waals surface area (Å²) in [5.41, 5.74) is 1.06. The first-order valence-corrected chi connectivity index (χ1v) is 6.59. The smallest absolute Gasteiger partial charge is 0.337 e. The number of halogens is 1. The van der Waals surface area contributed by atoms with Crippen LogP contribution in [-0.2, 0) is 0 Å². The Balaban J connectivity index is 2.21. The zero-order valence-corrected chi connectivity index (χ0v) is 11.5. The molecule has 0 saturated heterocycles. The summed E-state index contributed by atoms with van der Waals surface area (Å²) in [5.74, 6) is -1.38. The number of aromatic nitrogens is 1. The highest BCUT2D eigenvalue weighted by Gasteiger charge is 2.18. The number of para-hydroxylation sites is 1. The summed E-state index contributed by atoms with van der Waals surface area (Å²) >= 11 is 5.89. The van der Waals surface area contributed by atoms with E-state index < -0.39 is 5.97 Å². The van der Waals surface area contributed by atoms with Gasteiger partial charge in [0.05, 0.1) is 11.1 Å². The molecule has 2 aromatic carbocycles. The highest BCUT2D eigenvalue weighted by atomic mass is 35.5. The molecule has 1 aromatic heterocycles. The molecule has 0 saturated carbocycles. The van der Waals surface area contributed by atoms with Crippen LogP contribution in [0.15, 0.2) is 54.7 Å². The van der Waals surface area contributed by atoms with Gasteiger partial charge in [-0.25, -0.2) is 4.79 Å². The lowest BCUT2D eigenvalue weighted by molar-refractivity contribution is 0.0699. The maximum absolute atomic E-state index is 12.6.